The van der Waals surface area contributed by atoms with Crippen LogP contribution in [0.3, 0.4) is 0 Å². The van der Waals surface area contributed by atoms with Crippen molar-refractivity contribution in [2.75, 3.05) is 13.2 Å². The van der Waals surface area contributed by atoms with Gasteiger partial charge in [0, 0.05) is 6.54 Å². The number of nitrogens with one attached hydrogen (secondary N) is 1. The maximum absolute atomic E-state index is 9.62. The van der Waals surface area contributed by atoms with E-state index >= 15 is 0 Å². The van der Waals surface area contributed by atoms with Crippen LogP contribution in [0.15, 0.2) is 29.2 Å². The zero-order valence-electron chi connectivity index (χ0n) is 7.97. The fourth-order valence-corrected chi connectivity index (χ4v) is 2.06. The van der Waals surface area contributed by atoms with Gasteiger partial charge in [-0.2, -0.15) is 0 Å². The molecule has 1 aromatic carbocycles. The van der Waals surface area contributed by atoms with Crippen LogP contribution in [-0.4, -0.2) is 27.4 Å². The summed E-state index contributed by atoms with van der Waals surface area (Å²) in [5.74, 6) is 0. The van der Waals surface area contributed by atoms with Gasteiger partial charge in [0.2, 0.25) is 0 Å². The lowest BCUT2D eigenvalue weighted by atomic mass is 10.2. The quantitative estimate of drug-likeness (QED) is 0.618. The Morgan fingerprint density at radius 1 is 1.21 bits per heavy atom. The molecule has 0 aliphatic carbocycles. The average Bonchev–Trinajstić information content (AvgIpc) is 2.16. The molecule has 0 unspecified atom stereocenters. The van der Waals surface area contributed by atoms with Gasteiger partial charge in [-0.3, -0.25) is 9.11 Å². The first-order valence-corrected chi connectivity index (χ1v) is 5.81. The fraction of sp³-hybridized carbons (Fsp3) is 0.333. The van der Waals surface area contributed by atoms with Gasteiger partial charge in [0.05, 0.1) is 11.5 Å². The summed E-state index contributed by atoms with van der Waals surface area (Å²) in [6.45, 7) is 1.97. The molecular formula is C9H15NO3S. The van der Waals surface area contributed by atoms with E-state index < -0.39 is 10.8 Å². The van der Waals surface area contributed by atoms with Crippen LogP contribution in [0.4, 0.5) is 0 Å². The molecule has 0 heterocycles. The molecule has 0 saturated carbocycles. The Hall–Kier alpha value is -0.590. The summed E-state index contributed by atoms with van der Waals surface area (Å²) >= 11 is 0. The second-order valence-electron chi connectivity index (χ2n) is 2.98. The van der Waals surface area contributed by atoms with E-state index in [-0.39, 0.29) is 13.2 Å². The van der Waals surface area contributed by atoms with E-state index in [4.69, 9.17) is 5.11 Å². The van der Waals surface area contributed by atoms with Gasteiger partial charge < -0.3 is 5.11 Å². The van der Waals surface area contributed by atoms with E-state index in [1.165, 1.54) is 0 Å². The third kappa shape index (κ3) is 2.97. The molecule has 4 N–H and O–H groups in total. The topological polar surface area (TPSA) is 72.7 Å². The van der Waals surface area contributed by atoms with Gasteiger partial charge in [0.25, 0.3) is 0 Å². The minimum absolute atomic E-state index is 0.123. The molecule has 4 nitrogen and oxygen atoms in total. The maximum atomic E-state index is 9.62. The van der Waals surface area contributed by atoms with E-state index in [1.807, 2.05) is 19.1 Å². The van der Waals surface area contributed by atoms with E-state index in [0.29, 0.717) is 4.90 Å². The van der Waals surface area contributed by atoms with Crippen molar-refractivity contribution in [2.24, 2.45) is 0 Å². The predicted octanol–water partition coefficient (Wildman–Crippen LogP) is 1.60. The molecule has 0 radical (unpaired) electrons. The minimum atomic E-state index is -2.95. The van der Waals surface area contributed by atoms with Crippen molar-refractivity contribution in [3.63, 3.8) is 0 Å². The van der Waals surface area contributed by atoms with Gasteiger partial charge >= 0.3 is 0 Å². The van der Waals surface area contributed by atoms with E-state index in [0.717, 1.165) is 5.56 Å². The molecule has 0 amide bonds. The second-order valence-corrected chi connectivity index (χ2v) is 4.84. The van der Waals surface area contributed by atoms with Crippen LogP contribution in [0, 0.1) is 6.92 Å². The van der Waals surface area contributed by atoms with Crippen molar-refractivity contribution >= 4 is 10.8 Å². The maximum Gasteiger partial charge on any atom is 0.0750 e. The molecule has 0 atom stereocenters. The number of aliphatic hydroxyl groups is 1. The highest BCUT2D eigenvalue weighted by atomic mass is 32.3. The van der Waals surface area contributed by atoms with Crippen molar-refractivity contribution in [2.45, 2.75) is 11.8 Å². The van der Waals surface area contributed by atoms with Gasteiger partial charge in [-0.25, -0.2) is 4.72 Å². The molecule has 0 fully saturated rings. The standard InChI is InChI=1S/C9H15NO3S/c1-8-2-4-9(5-3-8)14(12,13)10-6-7-11/h2-5,10-13H,6-7H2,1H3. The van der Waals surface area contributed by atoms with Gasteiger partial charge in [-0.15, -0.1) is 10.8 Å². The predicted molar refractivity (Wildman–Crippen MR) is 57.4 cm³/mol. The monoisotopic (exact) mass is 217 g/mol. The Balaban J connectivity index is 2.75. The van der Waals surface area contributed by atoms with Crippen molar-refractivity contribution < 1.29 is 14.2 Å². The van der Waals surface area contributed by atoms with Gasteiger partial charge in [-0.05, 0) is 19.1 Å². The summed E-state index contributed by atoms with van der Waals surface area (Å²) in [6.07, 6.45) is 0. The SMILES string of the molecule is Cc1ccc(S(O)(O)NCCO)cc1. The molecule has 0 bridgehead atoms. The number of hydrogen-bond donors (Lipinski definition) is 4. The molecule has 1 aromatic rings. The third-order valence-electron chi connectivity index (χ3n) is 1.76. The zero-order chi connectivity index (χ0) is 10.6. The number of aryl methyl sites for hydroxylation is 1. The van der Waals surface area contributed by atoms with Gasteiger partial charge in [0.15, 0.2) is 0 Å². The van der Waals surface area contributed by atoms with E-state index in [1.54, 1.807) is 12.1 Å². The Bertz CT molecular complexity index is 287. The minimum Gasteiger partial charge on any atom is -0.395 e. The molecular weight excluding hydrogens is 202 g/mol. The molecule has 0 saturated heterocycles. The van der Waals surface area contributed by atoms with Crippen LogP contribution in [-0.2, 0) is 0 Å². The van der Waals surface area contributed by atoms with Crippen LogP contribution in [0.2, 0.25) is 0 Å². The van der Waals surface area contributed by atoms with Gasteiger partial charge in [-0.1, -0.05) is 17.7 Å². The molecule has 80 valence electrons. The lowest BCUT2D eigenvalue weighted by Gasteiger charge is -2.32. The molecule has 0 spiro atoms. The summed E-state index contributed by atoms with van der Waals surface area (Å²) < 4.78 is 21.7. The first-order valence-electron chi connectivity index (χ1n) is 4.26. The molecule has 0 aromatic heterocycles. The van der Waals surface area contributed by atoms with Crippen LogP contribution < -0.4 is 4.72 Å². The normalized spacial score (nSPS) is 12.9. The smallest absolute Gasteiger partial charge is 0.0750 e. The Morgan fingerprint density at radius 2 is 1.79 bits per heavy atom. The van der Waals surface area contributed by atoms with Crippen LogP contribution >= 0.6 is 10.8 Å². The van der Waals surface area contributed by atoms with Crippen LogP contribution in [0.1, 0.15) is 5.56 Å². The first kappa shape index (κ1) is 11.5. The highest BCUT2D eigenvalue weighted by molar-refractivity contribution is 8.22. The molecule has 5 heteroatoms. The summed E-state index contributed by atoms with van der Waals surface area (Å²) in [5, 5.41) is 8.55. The Kier molecular flexibility index (Phi) is 3.91. The molecule has 0 aliphatic rings. The number of hydrogen-bond acceptors (Lipinski definition) is 4. The van der Waals surface area contributed by atoms with Crippen molar-refractivity contribution in [3.8, 4) is 0 Å². The summed E-state index contributed by atoms with van der Waals surface area (Å²) in [5.41, 5.74) is 1.06. The Morgan fingerprint density at radius 3 is 2.29 bits per heavy atom. The Labute approximate surface area is 85.1 Å². The number of aliphatic hydroxyl groups excluding tert-OH is 1. The van der Waals surface area contributed by atoms with Crippen molar-refractivity contribution in [3.05, 3.63) is 29.8 Å². The first-order chi connectivity index (χ1) is 6.56. The van der Waals surface area contributed by atoms with Crippen molar-refractivity contribution in [1.82, 2.24) is 4.72 Å². The second kappa shape index (κ2) is 4.77. The largest absolute Gasteiger partial charge is 0.395 e. The van der Waals surface area contributed by atoms with Crippen molar-refractivity contribution in [1.29, 1.82) is 0 Å². The van der Waals surface area contributed by atoms with Crippen LogP contribution in [0.25, 0.3) is 0 Å². The summed E-state index contributed by atoms with van der Waals surface area (Å²) in [6, 6.07) is 6.94. The van der Waals surface area contributed by atoms with E-state index in [2.05, 4.69) is 4.72 Å². The molecule has 14 heavy (non-hydrogen) atoms. The average molecular weight is 217 g/mol. The highest BCUT2D eigenvalue weighted by Crippen LogP contribution is 2.43. The lowest BCUT2D eigenvalue weighted by Crippen LogP contribution is -2.23. The summed E-state index contributed by atoms with van der Waals surface area (Å²) in [7, 11) is -2.95. The number of benzene rings is 1. The van der Waals surface area contributed by atoms with Crippen LogP contribution in [0.5, 0.6) is 0 Å². The lowest BCUT2D eigenvalue weighted by molar-refractivity contribution is 0.298. The third-order valence-corrected chi connectivity index (χ3v) is 3.30. The van der Waals surface area contributed by atoms with Gasteiger partial charge in [0.1, 0.15) is 0 Å². The summed E-state index contributed by atoms with van der Waals surface area (Å²) in [4.78, 5) is 0.441. The highest BCUT2D eigenvalue weighted by Gasteiger charge is 2.13. The zero-order valence-corrected chi connectivity index (χ0v) is 8.79. The fourth-order valence-electron chi connectivity index (χ4n) is 0.999. The van der Waals surface area contributed by atoms with E-state index in [9.17, 15) is 9.11 Å². The molecule has 0 aliphatic heterocycles. The number of rotatable bonds is 4. The molecule has 1 rings (SSSR count).